The fraction of sp³-hybridized carbons (Fsp3) is 0.889. The summed E-state index contributed by atoms with van der Waals surface area (Å²) in [6, 6.07) is 0. The molecule has 1 aliphatic heterocycles. The van der Waals surface area contributed by atoms with E-state index in [2.05, 4.69) is 11.8 Å². The molecule has 1 unspecified atom stereocenters. The zero-order valence-corrected chi connectivity index (χ0v) is 8.62. The summed E-state index contributed by atoms with van der Waals surface area (Å²) in [6.07, 6.45) is -0.260. The summed E-state index contributed by atoms with van der Waals surface area (Å²) in [7, 11) is 3.52. The molecular formula is C9H18N2O2. The molecule has 0 N–H and O–H groups in total. The number of ether oxygens (including phenoxy) is 1. The molecule has 1 amide bonds. The molecule has 0 aromatic rings. The quantitative estimate of drug-likeness (QED) is 0.598. The van der Waals surface area contributed by atoms with E-state index in [1.807, 2.05) is 0 Å². The second-order valence-corrected chi connectivity index (χ2v) is 3.49. The fourth-order valence-electron chi connectivity index (χ4n) is 1.43. The Hall–Kier alpha value is -0.610. The number of hydrogen-bond donors (Lipinski definition) is 0. The Morgan fingerprint density at radius 2 is 2.31 bits per heavy atom. The van der Waals surface area contributed by atoms with Gasteiger partial charge in [-0.2, -0.15) is 0 Å². The van der Waals surface area contributed by atoms with Gasteiger partial charge in [-0.3, -0.25) is 9.69 Å². The van der Waals surface area contributed by atoms with Crippen LogP contribution in [0, 0.1) is 0 Å². The Labute approximate surface area is 79.4 Å². The molecule has 0 radical (unpaired) electrons. The van der Waals surface area contributed by atoms with Crippen LogP contribution >= 0.6 is 0 Å². The molecule has 0 aliphatic carbocycles. The Morgan fingerprint density at radius 3 is 2.85 bits per heavy atom. The van der Waals surface area contributed by atoms with Gasteiger partial charge in [0, 0.05) is 27.2 Å². The van der Waals surface area contributed by atoms with Crippen LogP contribution in [0.2, 0.25) is 0 Å². The van der Waals surface area contributed by atoms with E-state index < -0.39 is 0 Å². The highest BCUT2D eigenvalue weighted by atomic mass is 16.5. The number of carbonyl (C=O) groups excluding carboxylic acids is 1. The predicted molar refractivity (Wildman–Crippen MR) is 50.5 cm³/mol. The predicted octanol–water partition coefficient (Wildman–Crippen LogP) is -0.205. The first-order valence-corrected chi connectivity index (χ1v) is 4.70. The Kier molecular flexibility index (Phi) is 3.69. The normalized spacial score (nSPS) is 24.4. The molecule has 1 atom stereocenters. The lowest BCUT2D eigenvalue weighted by atomic mass is 10.2. The third-order valence-corrected chi connectivity index (χ3v) is 2.31. The minimum Gasteiger partial charge on any atom is -0.366 e. The largest absolute Gasteiger partial charge is 0.366 e. The zero-order chi connectivity index (χ0) is 9.84. The topological polar surface area (TPSA) is 32.8 Å². The number of rotatable bonds is 2. The average Bonchev–Trinajstić information content (AvgIpc) is 2.16. The van der Waals surface area contributed by atoms with Gasteiger partial charge < -0.3 is 9.64 Å². The maximum absolute atomic E-state index is 11.5. The van der Waals surface area contributed by atoms with Crippen molar-refractivity contribution in [3.05, 3.63) is 0 Å². The van der Waals surface area contributed by atoms with Crippen LogP contribution in [0.15, 0.2) is 0 Å². The van der Waals surface area contributed by atoms with Crippen LogP contribution in [0.5, 0.6) is 0 Å². The number of amides is 1. The fourth-order valence-corrected chi connectivity index (χ4v) is 1.43. The van der Waals surface area contributed by atoms with E-state index in [1.54, 1.807) is 19.0 Å². The summed E-state index contributed by atoms with van der Waals surface area (Å²) in [4.78, 5) is 15.4. The van der Waals surface area contributed by atoms with Crippen LogP contribution in [-0.4, -0.2) is 62.1 Å². The van der Waals surface area contributed by atoms with Crippen LogP contribution in [0.25, 0.3) is 0 Å². The van der Waals surface area contributed by atoms with Gasteiger partial charge in [0.1, 0.15) is 6.10 Å². The van der Waals surface area contributed by atoms with Gasteiger partial charge >= 0.3 is 0 Å². The van der Waals surface area contributed by atoms with Crippen LogP contribution < -0.4 is 0 Å². The SMILES string of the molecule is CCN1CCOC(C(=O)N(C)C)C1. The second-order valence-electron chi connectivity index (χ2n) is 3.49. The second kappa shape index (κ2) is 4.58. The van der Waals surface area contributed by atoms with E-state index in [0.29, 0.717) is 6.61 Å². The van der Waals surface area contributed by atoms with Crippen molar-refractivity contribution in [1.29, 1.82) is 0 Å². The molecule has 4 heteroatoms. The molecule has 4 nitrogen and oxygen atoms in total. The molecule has 0 spiro atoms. The number of likely N-dealkylation sites (N-methyl/N-ethyl adjacent to an activating group) is 2. The Balaban J connectivity index is 2.46. The average molecular weight is 186 g/mol. The molecular weight excluding hydrogens is 168 g/mol. The molecule has 1 heterocycles. The van der Waals surface area contributed by atoms with Crippen molar-refractivity contribution in [2.75, 3.05) is 40.3 Å². The van der Waals surface area contributed by atoms with Crippen LogP contribution in [0.1, 0.15) is 6.92 Å². The highest BCUT2D eigenvalue weighted by molar-refractivity contribution is 5.80. The molecule has 1 aliphatic rings. The number of carbonyl (C=O) groups is 1. The van der Waals surface area contributed by atoms with Crippen molar-refractivity contribution < 1.29 is 9.53 Å². The van der Waals surface area contributed by atoms with Gasteiger partial charge in [0.25, 0.3) is 5.91 Å². The lowest BCUT2D eigenvalue weighted by Gasteiger charge is -2.32. The van der Waals surface area contributed by atoms with Gasteiger partial charge in [-0.15, -0.1) is 0 Å². The van der Waals surface area contributed by atoms with Crippen LogP contribution in [0.3, 0.4) is 0 Å². The maximum Gasteiger partial charge on any atom is 0.252 e. The van der Waals surface area contributed by atoms with E-state index >= 15 is 0 Å². The third-order valence-electron chi connectivity index (χ3n) is 2.31. The summed E-state index contributed by atoms with van der Waals surface area (Å²) < 4.78 is 5.40. The van der Waals surface area contributed by atoms with Crippen molar-refractivity contribution in [3.63, 3.8) is 0 Å². The molecule has 76 valence electrons. The lowest BCUT2D eigenvalue weighted by molar-refractivity contribution is -0.146. The maximum atomic E-state index is 11.5. The van der Waals surface area contributed by atoms with E-state index in [1.165, 1.54) is 0 Å². The van der Waals surface area contributed by atoms with Gasteiger partial charge in [0.05, 0.1) is 6.61 Å². The van der Waals surface area contributed by atoms with Crippen molar-refractivity contribution in [3.8, 4) is 0 Å². The molecule has 1 fully saturated rings. The lowest BCUT2D eigenvalue weighted by Crippen LogP contribution is -2.49. The van der Waals surface area contributed by atoms with Gasteiger partial charge in [-0.1, -0.05) is 6.92 Å². The summed E-state index contributed by atoms with van der Waals surface area (Å²) >= 11 is 0. The van der Waals surface area contributed by atoms with Gasteiger partial charge in [0.15, 0.2) is 0 Å². The van der Waals surface area contributed by atoms with E-state index in [0.717, 1.165) is 19.6 Å². The molecule has 1 saturated heterocycles. The molecule has 1 rings (SSSR count). The van der Waals surface area contributed by atoms with Crippen molar-refractivity contribution in [2.45, 2.75) is 13.0 Å². The van der Waals surface area contributed by atoms with Gasteiger partial charge in [-0.05, 0) is 6.54 Å². The third kappa shape index (κ3) is 2.67. The van der Waals surface area contributed by atoms with E-state index in [9.17, 15) is 4.79 Å². The monoisotopic (exact) mass is 186 g/mol. The van der Waals surface area contributed by atoms with Crippen molar-refractivity contribution >= 4 is 5.91 Å². The highest BCUT2D eigenvalue weighted by Crippen LogP contribution is 2.06. The van der Waals surface area contributed by atoms with E-state index in [-0.39, 0.29) is 12.0 Å². The number of hydrogen-bond acceptors (Lipinski definition) is 3. The Morgan fingerprint density at radius 1 is 1.62 bits per heavy atom. The summed E-state index contributed by atoms with van der Waals surface area (Å²) in [5.41, 5.74) is 0. The summed E-state index contributed by atoms with van der Waals surface area (Å²) in [6.45, 7) is 5.42. The first-order chi connectivity index (χ1) is 6.15. The van der Waals surface area contributed by atoms with Crippen molar-refractivity contribution in [2.24, 2.45) is 0 Å². The summed E-state index contributed by atoms with van der Waals surface area (Å²) in [5, 5.41) is 0. The first-order valence-electron chi connectivity index (χ1n) is 4.70. The zero-order valence-electron chi connectivity index (χ0n) is 8.62. The minimum absolute atomic E-state index is 0.0677. The Bertz CT molecular complexity index is 182. The van der Waals surface area contributed by atoms with Gasteiger partial charge in [-0.25, -0.2) is 0 Å². The first kappa shape index (κ1) is 10.5. The highest BCUT2D eigenvalue weighted by Gasteiger charge is 2.26. The van der Waals surface area contributed by atoms with Crippen LogP contribution in [0.4, 0.5) is 0 Å². The smallest absolute Gasteiger partial charge is 0.252 e. The minimum atomic E-state index is -0.260. The molecule has 0 aromatic carbocycles. The molecule has 0 saturated carbocycles. The molecule has 0 aromatic heterocycles. The number of nitrogens with zero attached hydrogens (tertiary/aromatic N) is 2. The van der Waals surface area contributed by atoms with Gasteiger partial charge in [0.2, 0.25) is 0 Å². The molecule has 13 heavy (non-hydrogen) atoms. The summed E-state index contributed by atoms with van der Waals surface area (Å²) in [5.74, 6) is 0.0677. The van der Waals surface area contributed by atoms with Crippen molar-refractivity contribution in [1.82, 2.24) is 9.80 Å². The standard InChI is InChI=1S/C9H18N2O2/c1-4-11-5-6-13-8(7-11)9(12)10(2)3/h8H,4-7H2,1-3H3. The number of morpholine rings is 1. The molecule has 0 bridgehead atoms. The van der Waals surface area contributed by atoms with E-state index in [4.69, 9.17) is 4.74 Å². The van der Waals surface area contributed by atoms with Crippen LogP contribution in [-0.2, 0) is 9.53 Å².